The summed E-state index contributed by atoms with van der Waals surface area (Å²) in [4.78, 5) is 48.7. The van der Waals surface area contributed by atoms with Gasteiger partial charge in [0.05, 0.1) is 25.5 Å². The number of aliphatic imine (C=N–C) groups is 1. The van der Waals surface area contributed by atoms with Crippen molar-refractivity contribution in [2.24, 2.45) is 4.99 Å². The Kier molecular flexibility index (Phi) is 8.80. The molecule has 0 saturated carbocycles. The predicted octanol–water partition coefficient (Wildman–Crippen LogP) is 5.38. The monoisotopic (exact) mass is 617 g/mol. The van der Waals surface area contributed by atoms with Gasteiger partial charge in [-0.1, -0.05) is 24.3 Å². The van der Waals surface area contributed by atoms with Crippen LogP contribution >= 0.6 is 0 Å². The molecule has 10 heteroatoms. The van der Waals surface area contributed by atoms with Crippen LogP contribution in [-0.4, -0.2) is 76.2 Å². The highest BCUT2D eigenvalue weighted by Crippen LogP contribution is 2.34. The average molecular weight is 618 g/mol. The highest BCUT2D eigenvalue weighted by molar-refractivity contribution is 6.15. The largest absolute Gasteiger partial charge is 0.497 e. The van der Waals surface area contributed by atoms with Crippen molar-refractivity contribution in [3.63, 3.8) is 0 Å². The molecule has 6 rings (SSSR count). The standard InChI is InChI=1S/C36H35N5O5/c1-40-15-17-41(18-16-40)27-10-8-25(9-11-27)37-22-31-29-13-7-24(20-32(29)39-36(31)44)34(42)23-5-4-6-26(19-23)38-35(43)30-21-28(45-2)12-14-33(30)46-3/h4-14,19-22,31H,15-18H2,1-3H3,(H,38,43)(H,39,44). The van der Waals surface area contributed by atoms with Gasteiger partial charge < -0.3 is 29.9 Å². The van der Waals surface area contributed by atoms with Crippen molar-refractivity contribution in [2.75, 3.05) is 63.0 Å². The van der Waals surface area contributed by atoms with Gasteiger partial charge in [0.2, 0.25) is 5.91 Å². The lowest BCUT2D eigenvalue weighted by Crippen LogP contribution is -2.44. The topological polar surface area (TPSA) is 113 Å². The summed E-state index contributed by atoms with van der Waals surface area (Å²) in [6, 6.07) is 24.9. The molecule has 234 valence electrons. The van der Waals surface area contributed by atoms with E-state index in [1.54, 1.807) is 66.9 Å². The molecular formula is C36H35N5O5. The molecule has 2 aliphatic heterocycles. The molecule has 2 amide bonds. The van der Waals surface area contributed by atoms with Crippen molar-refractivity contribution >= 4 is 46.6 Å². The highest BCUT2D eigenvalue weighted by atomic mass is 16.5. The van der Waals surface area contributed by atoms with Gasteiger partial charge in [-0.05, 0) is 73.3 Å². The van der Waals surface area contributed by atoms with Crippen molar-refractivity contribution in [1.29, 1.82) is 0 Å². The van der Waals surface area contributed by atoms with Crippen LogP contribution in [0, 0.1) is 0 Å². The third-order valence-electron chi connectivity index (χ3n) is 8.32. The zero-order valence-corrected chi connectivity index (χ0v) is 25.9. The molecule has 2 heterocycles. The first-order chi connectivity index (χ1) is 22.3. The van der Waals surface area contributed by atoms with Crippen LogP contribution in [0.5, 0.6) is 11.5 Å². The predicted molar refractivity (Wildman–Crippen MR) is 179 cm³/mol. The number of hydrogen-bond acceptors (Lipinski definition) is 8. The van der Waals surface area contributed by atoms with Crippen LogP contribution in [0.1, 0.15) is 37.8 Å². The van der Waals surface area contributed by atoms with Crippen LogP contribution < -0.4 is 25.0 Å². The lowest BCUT2D eigenvalue weighted by molar-refractivity contribution is -0.115. The Morgan fingerprint density at radius 2 is 1.65 bits per heavy atom. The Morgan fingerprint density at radius 3 is 2.39 bits per heavy atom. The Labute approximate surface area is 267 Å². The van der Waals surface area contributed by atoms with Gasteiger partial charge in [0.15, 0.2) is 5.78 Å². The number of ether oxygens (including phenoxy) is 2. The molecule has 46 heavy (non-hydrogen) atoms. The van der Waals surface area contributed by atoms with E-state index in [4.69, 9.17) is 9.47 Å². The number of fused-ring (bicyclic) bond motifs is 1. The van der Waals surface area contributed by atoms with Crippen LogP contribution in [0.2, 0.25) is 0 Å². The number of methoxy groups -OCH3 is 2. The van der Waals surface area contributed by atoms with Crippen molar-refractivity contribution in [3.05, 3.63) is 107 Å². The molecule has 0 aliphatic carbocycles. The van der Waals surface area contributed by atoms with Gasteiger partial charge in [-0.15, -0.1) is 0 Å². The number of benzene rings is 4. The number of likely N-dealkylation sites (N-methyl/N-ethyl adjacent to an activating group) is 1. The number of ketones is 1. The van der Waals surface area contributed by atoms with E-state index in [1.165, 1.54) is 19.9 Å². The Bertz CT molecular complexity index is 1810. The molecule has 10 nitrogen and oxygen atoms in total. The summed E-state index contributed by atoms with van der Waals surface area (Å²) >= 11 is 0. The van der Waals surface area contributed by atoms with Crippen molar-refractivity contribution < 1.29 is 23.9 Å². The maximum Gasteiger partial charge on any atom is 0.259 e. The fraction of sp³-hybridized carbons (Fsp3) is 0.222. The summed E-state index contributed by atoms with van der Waals surface area (Å²) in [5.41, 5.74) is 4.81. The van der Waals surface area contributed by atoms with Gasteiger partial charge in [0, 0.05) is 60.6 Å². The Morgan fingerprint density at radius 1 is 0.891 bits per heavy atom. The molecule has 1 saturated heterocycles. The summed E-state index contributed by atoms with van der Waals surface area (Å²) in [7, 11) is 5.14. The number of hydrogen-bond donors (Lipinski definition) is 2. The molecule has 0 spiro atoms. The average Bonchev–Trinajstić information content (AvgIpc) is 3.41. The maximum absolute atomic E-state index is 13.5. The number of rotatable bonds is 9. The molecule has 2 aliphatic rings. The number of amides is 2. The molecule has 1 fully saturated rings. The zero-order valence-electron chi connectivity index (χ0n) is 25.9. The van der Waals surface area contributed by atoms with Crippen LogP contribution in [-0.2, 0) is 4.79 Å². The van der Waals surface area contributed by atoms with Crippen molar-refractivity contribution in [2.45, 2.75) is 5.92 Å². The molecule has 1 atom stereocenters. The molecule has 0 aromatic heterocycles. The normalized spacial score (nSPS) is 16.2. The number of anilines is 3. The number of nitrogens with one attached hydrogen (secondary N) is 2. The third kappa shape index (κ3) is 6.47. The van der Waals surface area contributed by atoms with E-state index in [1.807, 2.05) is 12.1 Å². The summed E-state index contributed by atoms with van der Waals surface area (Å²) in [5.74, 6) is -0.502. The minimum absolute atomic E-state index is 0.199. The second-order valence-electron chi connectivity index (χ2n) is 11.3. The smallest absolute Gasteiger partial charge is 0.259 e. The quantitative estimate of drug-likeness (QED) is 0.192. The lowest BCUT2D eigenvalue weighted by atomic mass is 9.97. The van der Waals surface area contributed by atoms with E-state index in [0.29, 0.717) is 39.6 Å². The number of carbonyl (C=O) groups is 3. The van der Waals surface area contributed by atoms with E-state index in [0.717, 1.165) is 37.4 Å². The summed E-state index contributed by atoms with van der Waals surface area (Å²) in [5, 5.41) is 5.72. The van der Waals surface area contributed by atoms with Gasteiger partial charge in [-0.3, -0.25) is 19.4 Å². The molecule has 0 radical (unpaired) electrons. The first-order valence-electron chi connectivity index (χ1n) is 15.0. The van der Waals surface area contributed by atoms with E-state index in [-0.39, 0.29) is 11.7 Å². The van der Waals surface area contributed by atoms with Crippen LogP contribution in [0.15, 0.2) is 89.9 Å². The molecule has 1 unspecified atom stereocenters. The second-order valence-corrected chi connectivity index (χ2v) is 11.3. The fourth-order valence-corrected chi connectivity index (χ4v) is 5.65. The number of piperazine rings is 1. The summed E-state index contributed by atoms with van der Waals surface area (Å²) in [6.45, 7) is 4.05. The van der Waals surface area contributed by atoms with Gasteiger partial charge in [-0.2, -0.15) is 0 Å². The molecule has 4 aromatic rings. The van der Waals surface area contributed by atoms with Crippen molar-refractivity contribution in [3.8, 4) is 11.5 Å². The van der Waals surface area contributed by atoms with Gasteiger partial charge in [-0.25, -0.2) is 0 Å². The van der Waals surface area contributed by atoms with E-state index in [2.05, 4.69) is 44.6 Å². The minimum Gasteiger partial charge on any atom is -0.497 e. The maximum atomic E-state index is 13.5. The molecule has 2 N–H and O–H groups in total. The molecule has 4 aromatic carbocycles. The first kappa shape index (κ1) is 30.5. The summed E-state index contributed by atoms with van der Waals surface area (Å²) in [6.07, 6.45) is 1.65. The van der Waals surface area contributed by atoms with Gasteiger partial charge in [0.25, 0.3) is 5.91 Å². The van der Waals surface area contributed by atoms with Crippen LogP contribution in [0.25, 0.3) is 0 Å². The van der Waals surface area contributed by atoms with E-state index >= 15 is 0 Å². The SMILES string of the molecule is COc1ccc(OC)c(C(=O)Nc2cccc(C(=O)c3ccc4c(c3)NC(=O)C4C=Nc3ccc(N4CCN(C)CC4)cc3)c2)c1. The second kappa shape index (κ2) is 13.3. The first-order valence-corrected chi connectivity index (χ1v) is 15.0. The van der Waals surface area contributed by atoms with E-state index < -0.39 is 11.8 Å². The summed E-state index contributed by atoms with van der Waals surface area (Å²) < 4.78 is 10.6. The fourth-order valence-electron chi connectivity index (χ4n) is 5.65. The van der Waals surface area contributed by atoms with Gasteiger partial charge in [0.1, 0.15) is 17.4 Å². The zero-order chi connectivity index (χ0) is 32.2. The van der Waals surface area contributed by atoms with Crippen LogP contribution in [0.4, 0.5) is 22.7 Å². The highest BCUT2D eigenvalue weighted by Gasteiger charge is 2.30. The molecule has 0 bridgehead atoms. The lowest BCUT2D eigenvalue weighted by Gasteiger charge is -2.34. The third-order valence-corrected chi connectivity index (χ3v) is 8.32. The number of nitrogens with zero attached hydrogens (tertiary/aromatic N) is 3. The Balaban J connectivity index is 1.14. The van der Waals surface area contributed by atoms with Crippen molar-refractivity contribution in [1.82, 2.24) is 4.90 Å². The van der Waals surface area contributed by atoms with E-state index in [9.17, 15) is 14.4 Å². The molecular weight excluding hydrogens is 582 g/mol. The Hall–Kier alpha value is -5.48. The van der Waals surface area contributed by atoms with Crippen LogP contribution in [0.3, 0.4) is 0 Å². The van der Waals surface area contributed by atoms with Gasteiger partial charge >= 0.3 is 0 Å². The number of carbonyl (C=O) groups excluding carboxylic acids is 3. The minimum atomic E-state index is -0.566.